The van der Waals surface area contributed by atoms with Crippen molar-refractivity contribution in [1.29, 1.82) is 0 Å². The lowest BCUT2D eigenvalue weighted by Crippen LogP contribution is -2.38. The third-order valence-electron chi connectivity index (χ3n) is 5.72. The molecule has 3 aromatic rings. The standard InChI is InChI=1S/C12H22N3O2.2C6H3N3O7/c1-15(2,3)7-8-17-12(16)6-4-5-11-9-13-10-14-11;2*10-6-4(8(13)14)1-3(7(11)12)2-5(6)9(15)16/h9-10H,4-8H2,1-3H3,(H,13,14);2*1-2,10H/q+1;;. The molecule has 0 fully saturated rings. The summed E-state index contributed by atoms with van der Waals surface area (Å²) < 4.78 is 5.96. The van der Waals surface area contributed by atoms with Crippen LogP contribution >= 0.6 is 0 Å². The molecule has 3 N–H and O–H groups in total. The Bertz CT molecular complexity index is 1560. The number of carbonyl (C=O) groups is 1. The third kappa shape index (κ3) is 13.1. The van der Waals surface area contributed by atoms with E-state index in [1.165, 1.54) is 0 Å². The van der Waals surface area contributed by atoms with Crippen molar-refractivity contribution in [2.24, 2.45) is 0 Å². The van der Waals surface area contributed by atoms with Gasteiger partial charge < -0.3 is 24.4 Å². The van der Waals surface area contributed by atoms with Crippen LogP contribution in [0.2, 0.25) is 0 Å². The smallest absolute Gasteiger partial charge is 0.324 e. The van der Waals surface area contributed by atoms with E-state index in [0.29, 0.717) is 37.3 Å². The van der Waals surface area contributed by atoms with Crippen molar-refractivity contribution in [3.8, 4) is 11.5 Å². The van der Waals surface area contributed by atoms with Crippen LogP contribution in [0.3, 0.4) is 0 Å². The number of phenolic OH excluding ortho intramolecular Hbond substituents is 2. The first-order chi connectivity index (χ1) is 22.7. The number of ether oxygens (including phenoxy) is 1. The first-order valence-corrected chi connectivity index (χ1v) is 13.2. The number of nitro benzene ring substituents is 6. The van der Waals surface area contributed by atoms with Crippen LogP contribution in [0, 0.1) is 60.7 Å². The topological polar surface area (TPSA) is 354 Å². The van der Waals surface area contributed by atoms with Gasteiger partial charge in [0, 0.05) is 18.3 Å². The van der Waals surface area contributed by atoms with Gasteiger partial charge in [-0.3, -0.25) is 65.5 Å². The van der Waals surface area contributed by atoms with Crippen molar-refractivity contribution in [2.75, 3.05) is 34.3 Å². The summed E-state index contributed by atoms with van der Waals surface area (Å²) in [7, 11) is 6.23. The zero-order valence-corrected chi connectivity index (χ0v) is 25.7. The van der Waals surface area contributed by atoms with E-state index < -0.39 is 75.2 Å². The maximum absolute atomic E-state index is 11.4. The van der Waals surface area contributed by atoms with Gasteiger partial charge in [-0.2, -0.15) is 0 Å². The van der Waals surface area contributed by atoms with E-state index in [-0.39, 0.29) is 5.97 Å². The molecule has 25 nitrogen and oxygen atoms in total. The molecule has 2 aromatic carbocycles. The number of carbonyl (C=O) groups excluding carboxylic acids is 1. The van der Waals surface area contributed by atoms with Gasteiger partial charge >= 0.3 is 28.7 Å². The normalized spacial score (nSPS) is 10.3. The molecule has 0 unspecified atom stereocenters. The quantitative estimate of drug-likeness (QED) is 0.0997. The summed E-state index contributed by atoms with van der Waals surface area (Å²) in [6, 6.07) is 1.79. The SMILES string of the molecule is C[N+](C)(C)CCOC(=O)CCCc1cnc[nH]1.O=[N+]([O-])c1cc([N+](=O)[O-])c(O)c([N+](=O)[O-])c1.O=[N+]([O-])c1cc([N+](=O)[O-])c(O)c([N+](=O)[O-])c1. The predicted octanol–water partition coefficient (Wildman–Crippen LogP) is 3.22. The van der Waals surface area contributed by atoms with Gasteiger partial charge in [0.15, 0.2) is 0 Å². The number of aromatic hydroxyl groups is 2. The van der Waals surface area contributed by atoms with Crippen LogP contribution in [0.1, 0.15) is 18.5 Å². The minimum Gasteiger partial charge on any atom is -0.497 e. The number of aromatic amines is 1. The monoisotopic (exact) mass is 698 g/mol. The van der Waals surface area contributed by atoms with Gasteiger partial charge in [-0.15, -0.1) is 0 Å². The van der Waals surface area contributed by atoms with Gasteiger partial charge in [0.1, 0.15) is 13.2 Å². The molecule has 0 amide bonds. The van der Waals surface area contributed by atoms with Crippen molar-refractivity contribution in [3.63, 3.8) is 0 Å². The van der Waals surface area contributed by atoms with Crippen LogP contribution in [-0.4, -0.2) is 94.5 Å². The number of quaternary nitrogens is 1. The minimum atomic E-state index is -1.21. The average molecular weight is 699 g/mol. The number of imidazole rings is 1. The number of nitro groups is 6. The van der Waals surface area contributed by atoms with Crippen molar-refractivity contribution in [1.82, 2.24) is 9.97 Å². The number of rotatable bonds is 13. The molecule has 0 saturated heterocycles. The fourth-order valence-corrected chi connectivity index (χ4v) is 3.30. The van der Waals surface area contributed by atoms with Crippen molar-refractivity contribution < 1.29 is 53.8 Å². The van der Waals surface area contributed by atoms with E-state index in [1.54, 1.807) is 12.5 Å². The van der Waals surface area contributed by atoms with Crippen molar-refractivity contribution in [3.05, 3.63) is 103 Å². The molecule has 264 valence electrons. The van der Waals surface area contributed by atoms with Gasteiger partial charge in [-0.05, 0) is 12.8 Å². The molecular formula is C24H28N9O16+. The van der Waals surface area contributed by atoms with Gasteiger partial charge in [-0.1, -0.05) is 0 Å². The van der Waals surface area contributed by atoms with Crippen LogP contribution < -0.4 is 0 Å². The zero-order chi connectivity index (χ0) is 37.6. The molecule has 49 heavy (non-hydrogen) atoms. The number of hydrogen-bond donors (Lipinski definition) is 3. The Balaban J connectivity index is 0.000000368. The number of aromatic nitrogens is 2. The summed E-state index contributed by atoms with van der Waals surface area (Å²) in [4.78, 5) is 73.9. The fraction of sp³-hybridized carbons (Fsp3) is 0.333. The van der Waals surface area contributed by atoms with E-state index >= 15 is 0 Å². The summed E-state index contributed by atoms with van der Waals surface area (Å²) >= 11 is 0. The highest BCUT2D eigenvalue weighted by atomic mass is 16.7. The van der Waals surface area contributed by atoms with Gasteiger partial charge in [0.05, 0.1) is 81.3 Å². The Morgan fingerprint density at radius 1 is 0.735 bits per heavy atom. The Hall–Kier alpha value is -6.92. The number of nitrogens with one attached hydrogen (secondary N) is 1. The van der Waals surface area contributed by atoms with E-state index in [1.807, 2.05) is 0 Å². The third-order valence-corrected chi connectivity index (χ3v) is 5.72. The highest BCUT2D eigenvalue weighted by molar-refractivity contribution is 5.69. The summed E-state index contributed by atoms with van der Waals surface area (Å²) in [6.45, 7) is 1.33. The van der Waals surface area contributed by atoms with E-state index in [4.69, 9.17) is 14.9 Å². The maximum atomic E-state index is 11.4. The van der Waals surface area contributed by atoms with Gasteiger partial charge in [0.2, 0.25) is 0 Å². The first kappa shape index (κ1) is 40.1. The lowest BCUT2D eigenvalue weighted by atomic mass is 10.2. The molecule has 1 aromatic heterocycles. The number of likely N-dealkylation sites (N-methyl/N-ethyl adjacent to an activating group) is 1. The number of aryl methyl sites for hydroxylation is 1. The average Bonchev–Trinajstić information content (AvgIpc) is 3.50. The number of esters is 1. The van der Waals surface area contributed by atoms with Gasteiger partial charge in [0.25, 0.3) is 22.9 Å². The highest BCUT2D eigenvalue weighted by Crippen LogP contribution is 2.40. The number of phenols is 2. The minimum absolute atomic E-state index is 0.113. The molecular weight excluding hydrogens is 670 g/mol. The van der Waals surface area contributed by atoms with Crippen LogP contribution in [0.4, 0.5) is 34.1 Å². The van der Waals surface area contributed by atoms with Crippen molar-refractivity contribution in [2.45, 2.75) is 19.3 Å². The Labute approximate surface area is 272 Å². The molecule has 0 spiro atoms. The largest absolute Gasteiger partial charge is 0.497 e. The number of H-pyrrole nitrogens is 1. The molecule has 0 saturated carbocycles. The summed E-state index contributed by atoms with van der Waals surface area (Å²) in [6.07, 6.45) is 5.53. The van der Waals surface area contributed by atoms with Crippen LogP contribution in [0.15, 0.2) is 36.8 Å². The number of hydrogen-bond acceptors (Lipinski definition) is 17. The summed E-state index contributed by atoms with van der Waals surface area (Å²) in [5.41, 5.74) is -4.94. The summed E-state index contributed by atoms with van der Waals surface area (Å²) in [5, 5.41) is 80.4. The molecule has 0 aliphatic carbocycles. The molecule has 0 bridgehead atoms. The second kappa shape index (κ2) is 17.7. The molecule has 1 heterocycles. The lowest BCUT2D eigenvalue weighted by Gasteiger charge is -2.23. The van der Waals surface area contributed by atoms with Gasteiger partial charge in [-0.25, -0.2) is 4.98 Å². The fourth-order valence-electron chi connectivity index (χ4n) is 3.30. The second-order valence-corrected chi connectivity index (χ2v) is 10.4. The maximum Gasteiger partial charge on any atom is 0.324 e. The number of benzene rings is 2. The Morgan fingerprint density at radius 2 is 1.12 bits per heavy atom. The Kier molecular flexibility index (Phi) is 14.5. The number of non-ortho nitro benzene ring substituents is 2. The Morgan fingerprint density at radius 3 is 1.41 bits per heavy atom. The number of nitrogens with zero attached hydrogens (tertiary/aromatic N) is 8. The molecule has 0 radical (unpaired) electrons. The van der Waals surface area contributed by atoms with Crippen LogP contribution in [-0.2, 0) is 16.0 Å². The lowest BCUT2D eigenvalue weighted by molar-refractivity contribution is -0.870. The van der Waals surface area contributed by atoms with Crippen LogP contribution in [0.25, 0.3) is 0 Å². The molecule has 25 heteroatoms. The highest BCUT2D eigenvalue weighted by Gasteiger charge is 2.31. The van der Waals surface area contributed by atoms with Crippen LogP contribution in [0.5, 0.6) is 11.5 Å². The molecule has 3 rings (SSSR count). The molecule has 0 atom stereocenters. The second-order valence-electron chi connectivity index (χ2n) is 10.4. The first-order valence-electron chi connectivity index (χ1n) is 13.2. The van der Waals surface area contributed by atoms with E-state index in [9.17, 15) is 65.5 Å². The summed E-state index contributed by atoms with van der Waals surface area (Å²) in [5.74, 6) is -2.53. The predicted molar refractivity (Wildman–Crippen MR) is 162 cm³/mol. The zero-order valence-electron chi connectivity index (χ0n) is 25.7. The van der Waals surface area contributed by atoms with E-state index in [2.05, 4.69) is 31.1 Å². The molecule has 0 aliphatic heterocycles. The van der Waals surface area contributed by atoms with E-state index in [0.717, 1.165) is 29.6 Å². The molecule has 0 aliphatic rings. The van der Waals surface area contributed by atoms with Crippen molar-refractivity contribution >= 4 is 40.1 Å².